The van der Waals surface area contributed by atoms with E-state index in [2.05, 4.69) is 10.6 Å². The molecule has 0 unspecified atom stereocenters. The van der Waals surface area contributed by atoms with Crippen molar-refractivity contribution in [3.8, 4) is 5.75 Å². The van der Waals surface area contributed by atoms with Crippen molar-refractivity contribution in [3.05, 3.63) is 76.2 Å². The second-order valence-electron chi connectivity index (χ2n) is 7.64. The second kappa shape index (κ2) is 10.6. The number of rotatable bonds is 6. The maximum Gasteiger partial charge on any atom is 0.341 e. The van der Waals surface area contributed by atoms with E-state index in [0.717, 1.165) is 53.2 Å². The number of ether oxygens (including phenoxy) is 2. The molecule has 4 rings (SSSR count). The monoisotopic (exact) mass is 466 g/mol. The fourth-order valence-electron chi connectivity index (χ4n) is 3.79. The summed E-state index contributed by atoms with van der Waals surface area (Å²) in [5.41, 5.74) is 3.70. The molecule has 1 aliphatic rings. The fraction of sp³-hybridized carbons (Fsp3) is 0.280. The van der Waals surface area contributed by atoms with Crippen molar-refractivity contribution in [2.45, 2.75) is 38.7 Å². The van der Waals surface area contributed by atoms with Gasteiger partial charge >= 0.3 is 5.97 Å². The van der Waals surface area contributed by atoms with E-state index in [-0.39, 0.29) is 5.97 Å². The molecule has 0 spiro atoms. The summed E-state index contributed by atoms with van der Waals surface area (Å²) in [5, 5.41) is 7.60. The topological polar surface area (TPSA) is 59.6 Å². The molecule has 1 aliphatic carbocycles. The third kappa shape index (κ3) is 5.47. The summed E-state index contributed by atoms with van der Waals surface area (Å²) in [6, 6.07) is 17.7. The fourth-order valence-corrected chi connectivity index (χ4v) is 5.36. The zero-order chi connectivity index (χ0) is 22.3. The Kier molecular flexibility index (Phi) is 7.39. The van der Waals surface area contributed by atoms with Crippen LogP contribution in [0.3, 0.4) is 0 Å². The SMILES string of the molecule is COC(=O)c1c(NC(=S)Nc2ccc(OCc3ccccc3)cc2)sc2c1CCCCC2. The number of anilines is 2. The highest BCUT2D eigenvalue weighted by atomic mass is 32.1. The first-order chi connectivity index (χ1) is 15.6. The first-order valence-electron chi connectivity index (χ1n) is 10.7. The number of thiophene rings is 1. The molecule has 0 bridgehead atoms. The van der Waals surface area contributed by atoms with Crippen LogP contribution in [-0.2, 0) is 24.2 Å². The maximum absolute atomic E-state index is 12.5. The molecule has 0 radical (unpaired) electrons. The third-order valence-electron chi connectivity index (χ3n) is 5.40. The van der Waals surface area contributed by atoms with Crippen molar-refractivity contribution in [1.29, 1.82) is 0 Å². The Bertz CT molecular complexity index is 1080. The van der Waals surface area contributed by atoms with Crippen LogP contribution in [0.5, 0.6) is 5.75 Å². The predicted molar refractivity (Wildman–Crippen MR) is 134 cm³/mol. The molecule has 1 heterocycles. The van der Waals surface area contributed by atoms with Crippen molar-refractivity contribution in [2.75, 3.05) is 17.7 Å². The molecule has 0 aliphatic heterocycles. The Labute approximate surface area is 197 Å². The van der Waals surface area contributed by atoms with Gasteiger partial charge in [-0.05, 0) is 73.3 Å². The molecule has 5 nitrogen and oxygen atoms in total. The molecule has 32 heavy (non-hydrogen) atoms. The van der Waals surface area contributed by atoms with E-state index in [0.29, 0.717) is 17.3 Å². The van der Waals surface area contributed by atoms with E-state index >= 15 is 0 Å². The van der Waals surface area contributed by atoms with Crippen molar-refractivity contribution >= 4 is 45.3 Å². The number of hydrogen-bond donors (Lipinski definition) is 2. The van der Waals surface area contributed by atoms with Gasteiger partial charge in [-0.15, -0.1) is 11.3 Å². The molecule has 0 atom stereocenters. The molecule has 1 aromatic heterocycles. The average Bonchev–Trinajstić information content (AvgIpc) is 2.98. The van der Waals surface area contributed by atoms with Gasteiger partial charge in [-0.3, -0.25) is 0 Å². The summed E-state index contributed by atoms with van der Waals surface area (Å²) in [5.74, 6) is 0.475. The van der Waals surface area contributed by atoms with Crippen LogP contribution in [0.2, 0.25) is 0 Å². The third-order valence-corrected chi connectivity index (χ3v) is 6.81. The van der Waals surface area contributed by atoms with Gasteiger partial charge in [0.05, 0.1) is 12.7 Å². The Morgan fingerprint density at radius 2 is 1.75 bits per heavy atom. The van der Waals surface area contributed by atoms with E-state index in [9.17, 15) is 4.79 Å². The van der Waals surface area contributed by atoms with Crippen LogP contribution in [-0.4, -0.2) is 18.2 Å². The van der Waals surface area contributed by atoms with E-state index in [1.54, 1.807) is 11.3 Å². The highest BCUT2D eigenvalue weighted by Gasteiger charge is 2.25. The van der Waals surface area contributed by atoms with Gasteiger partial charge in [0.2, 0.25) is 0 Å². The summed E-state index contributed by atoms with van der Waals surface area (Å²) < 4.78 is 10.9. The molecule has 0 fully saturated rings. The second-order valence-corrected chi connectivity index (χ2v) is 9.15. The van der Waals surface area contributed by atoms with Gasteiger partial charge in [0.1, 0.15) is 17.4 Å². The molecule has 3 aromatic rings. The number of carbonyl (C=O) groups excluding carboxylic acids is 1. The minimum absolute atomic E-state index is 0.311. The van der Waals surface area contributed by atoms with E-state index in [1.807, 2.05) is 54.6 Å². The van der Waals surface area contributed by atoms with Gasteiger partial charge in [-0.1, -0.05) is 36.8 Å². The van der Waals surface area contributed by atoms with Crippen molar-refractivity contribution in [3.63, 3.8) is 0 Å². The summed E-state index contributed by atoms with van der Waals surface area (Å²) in [7, 11) is 1.42. The molecule has 0 saturated heterocycles. The van der Waals surface area contributed by atoms with Crippen LogP contribution in [0.15, 0.2) is 54.6 Å². The minimum atomic E-state index is -0.311. The first kappa shape index (κ1) is 22.3. The van der Waals surface area contributed by atoms with Crippen LogP contribution >= 0.6 is 23.6 Å². The standard InChI is InChI=1S/C25H26N2O3S2/c1-29-24(28)22-20-10-6-3-7-11-21(20)32-23(22)27-25(31)26-18-12-14-19(15-13-18)30-16-17-8-4-2-5-9-17/h2,4-5,8-9,12-15H,3,6-7,10-11,16H2,1H3,(H2,26,27,31). The molecule has 0 amide bonds. The lowest BCUT2D eigenvalue weighted by molar-refractivity contribution is 0.0601. The number of carbonyl (C=O) groups is 1. The summed E-state index contributed by atoms with van der Waals surface area (Å²) >= 11 is 7.12. The predicted octanol–water partition coefficient (Wildman–Crippen LogP) is 6.19. The molecule has 2 N–H and O–H groups in total. The number of fused-ring (bicyclic) bond motifs is 1. The van der Waals surface area contributed by atoms with Gasteiger partial charge in [-0.25, -0.2) is 4.79 Å². The molecular weight excluding hydrogens is 440 g/mol. The number of nitrogens with one attached hydrogen (secondary N) is 2. The normalized spacial score (nSPS) is 12.9. The Balaban J connectivity index is 1.40. The lowest BCUT2D eigenvalue weighted by Crippen LogP contribution is -2.20. The van der Waals surface area contributed by atoms with Crippen LogP contribution in [0.4, 0.5) is 10.7 Å². The molecule has 2 aromatic carbocycles. The highest BCUT2D eigenvalue weighted by molar-refractivity contribution is 7.80. The van der Waals surface area contributed by atoms with Crippen LogP contribution in [0.25, 0.3) is 0 Å². The van der Waals surface area contributed by atoms with Gasteiger partial charge in [0.15, 0.2) is 5.11 Å². The van der Waals surface area contributed by atoms with Gasteiger partial charge in [0, 0.05) is 10.6 Å². The number of aryl methyl sites for hydroxylation is 1. The molecular formula is C25H26N2O3S2. The van der Waals surface area contributed by atoms with Gasteiger partial charge in [0.25, 0.3) is 0 Å². The van der Waals surface area contributed by atoms with Gasteiger partial charge < -0.3 is 20.1 Å². The van der Waals surface area contributed by atoms with Crippen LogP contribution < -0.4 is 15.4 Å². The molecule has 7 heteroatoms. The Morgan fingerprint density at radius 3 is 2.50 bits per heavy atom. The number of benzene rings is 2. The van der Waals surface area contributed by atoms with Gasteiger partial charge in [-0.2, -0.15) is 0 Å². The highest BCUT2D eigenvalue weighted by Crippen LogP contribution is 2.38. The van der Waals surface area contributed by atoms with Crippen molar-refractivity contribution in [2.24, 2.45) is 0 Å². The van der Waals surface area contributed by atoms with E-state index in [1.165, 1.54) is 18.4 Å². The van der Waals surface area contributed by atoms with Crippen molar-refractivity contribution < 1.29 is 14.3 Å². The first-order valence-corrected chi connectivity index (χ1v) is 11.9. The van der Waals surface area contributed by atoms with E-state index < -0.39 is 0 Å². The quantitative estimate of drug-likeness (QED) is 0.257. The summed E-state index contributed by atoms with van der Waals surface area (Å²) in [6.07, 6.45) is 5.33. The smallest absolute Gasteiger partial charge is 0.341 e. The lowest BCUT2D eigenvalue weighted by Gasteiger charge is -2.12. The number of hydrogen-bond acceptors (Lipinski definition) is 5. The zero-order valence-corrected chi connectivity index (χ0v) is 19.6. The largest absolute Gasteiger partial charge is 0.489 e. The van der Waals surface area contributed by atoms with E-state index in [4.69, 9.17) is 21.7 Å². The lowest BCUT2D eigenvalue weighted by atomic mass is 10.1. The van der Waals surface area contributed by atoms with Crippen LogP contribution in [0, 0.1) is 0 Å². The average molecular weight is 467 g/mol. The Hall–Kier alpha value is -2.90. The minimum Gasteiger partial charge on any atom is -0.489 e. The summed E-state index contributed by atoms with van der Waals surface area (Å²) in [4.78, 5) is 13.7. The summed E-state index contributed by atoms with van der Waals surface area (Å²) in [6.45, 7) is 0.521. The number of methoxy groups -OCH3 is 1. The molecule has 0 saturated carbocycles. The Morgan fingerprint density at radius 1 is 1.00 bits per heavy atom. The van der Waals surface area contributed by atoms with Crippen LogP contribution in [0.1, 0.15) is 45.6 Å². The zero-order valence-electron chi connectivity index (χ0n) is 18.0. The number of thiocarbonyl (C=S) groups is 1. The number of esters is 1. The van der Waals surface area contributed by atoms with Crippen molar-refractivity contribution in [1.82, 2.24) is 0 Å². The molecule has 166 valence electrons. The maximum atomic E-state index is 12.5.